The Balaban J connectivity index is 1.53. The predicted octanol–water partition coefficient (Wildman–Crippen LogP) is 2.48. The third kappa shape index (κ3) is 6.49. The number of nitrogens with one attached hydrogen (secondary N) is 2. The first-order valence-corrected chi connectivity index (χ1v) is 11.2. The summed E-state index contributed by atoms with van der Waals surface area (Å²) in [6, 6.07) is 19.0. The van der Waals surface area contributed by atoms with Crippen LogP contribution in [0, 0.1) is 0 Å². The number of aromatic nitrogens is 1. The van der Waals surface area contributed by atoms with Gasteiger partial charge in [-0.25, -0.2) is 9.59 Å². The summed E-state index contributed by atoms with van der Waals surface area (Å²) in [5.41, 5.74) is 2.33. The molecule has 9 heteroatoms. The summed E-state index contributed by atoms with van der Waals surface area (Å²) in [5.74, 6) is -2.26. The summed E-state index contributed by atoms with van der Waals surface area (Å²) in [4.78, 5) is 53.1. The number of hydrogen-bond acceptors (Lipinski definition) is 8. The van der Waals surface area contributed by atoms with Gasteiger partial charge in [0.15, 0.2) is 0 Å². The Labute approximate surface area is 207 Å². The Bertz CT molecular complexity index is 1290. The van der Waals surface area contributed by atoms with E-state index in [2.05, 4.69) is 15.6 Å². The monoisotopic (exact) mass is 485 g/mol. The van der Waals surface area contributed by atoms with Gasteiger partial charge in [0.1, 0.15) is 19.3 Å². The lowest BCUT2D eigenvalue weighted by Gasteiger charge is -2.22. The molecule has 1 unspecified atom stereocenters. The summed E-state index contributed by atoms with van der Waals surface area (Å²) in [6.45, 7) is 0.0894. The van der Waals surface area contributed by atoms with Crippen molar-refractivity contribution in [3.05, 3.63) is 107 Å². The van der Waals surface area contributed by atoms with Gasteiger partial charge in [0, 0.05) is 12.3 Å². The predicted molar refractivity (Wildman–Crippen MR) is 129 cm³/mol. The number of rotatable bonds is 8. The zero-order chi connectivity index (χ0) is 25.3. The highest BCUT2D eigenvalue weighted by Crippen LogP contribution is 2.20. The molecule has 36 heavy (non-hydrogen) atoms. The minimum absolute atomic E-state index is 0.0540. The quantitative estimate of drug-likeness (QED) is 0.283. The zero-order valence-corrected chi connectivity index (χ0v) is 19.2. The van der Waals surface area contributed by atoms with E-state index in [9.17, 15) is 19.2 Å². The molecule has 1 saturated heterocycles. The molecular formula is C27H23N3O6. The maximum Gasteiger partial charge on any atom is 0.340 e. The average molecular weight is 485 g/mol. The number of carbonyl (C=O) groups is 4. The third-order valence-corrected chi connectivity index (χ3v) is 5.30. The van der Waals surface area contributed by atoms with Crippen LogP contribution in [0.5, 0.6) is 0 Å². The van der Waals surface area contributed by atoms with Gasteiger partial charge in [-0.3, -0.25) is 25.2 Å². The lowest BCUT2D eigenvalue weighted by molar-refractivity contribution is -0.139. The molecule has 2 amide bonds. The van der Waals surface area contributed by atoms with Crippen molar-refractivity contribution in [3.63, 3.8) is 0 Å². The van der Waals surface area contributed by atoms with Crippen molar-refractivity contribution in [1.29, 1.82) is 0 Å². The van der Waals surface area contributed by atoms with Crippen LogP contribution >= 0.6 is 0 Å². The first kappa shape index (κ1) is 24.5. The summed E-state index contributed by atoms with van der Waals surface area (Å²) >= 11 is 0. The van der Waals surface area contributed by atoms with E-state index in [1.54, 1.807) is 0 Å². The van der Waals surface area contributed by atoms with E-state index in [-0.39, 0.29) is 31.0 Å². The first-order chi connectivity index (χ1) is 17.5. The first-order valence-electron chi connectivity index (χ1n) is 11.2. The van der Waals surface area contributed by atoms with Crippen molar-refractivity contribution in [2.75, 3.05) is 6.54 Å². The highest BCUT2D eigenvalue weighted by Gasteiger charge is 2.29. The smallest absolute Gasteiger partial charge is 0.340 e. The topological polar surface area (TPSA) is 124 Å². The number of esters is 2. The van der Waals surface area contributed by atoms with Gasteiger partial charge in [-0.15, -0.1) is 0 Å². The number of pyridine rings is 1. The van der Waals surface area contributed by atoms with E-state index < -0.39 is 29.8 Å². The van der Waals surface area contributed by atoms with Gasteiger partial charge in [-0.05, 0) is 28.8 Å². The molecule has 1 fully saturated rings. The van der Waals surface area contributed by atoms with Crippen molar-refractivity contribution < 1.29 is 28.7 Å². The fourth-order valence-electron chi connectivity index (χ4n) is 3.47. The SMILES string of the molecule is O=C1CNC(c2cc(/C=C\C(=O)OCc3ccccc3)c(C(=O)OCc3ccccc3)cn2)C(=O)N1. The number of ether oxygens (including phenoxy) is 2. The average Bonchev–Trinajstić information content (AvgIpc) is 2.90. The molecule has 1 aromatic heterocycles. The van der Waals surface area contributed by atoms with Crippen molar-refractivity contribution in [2.24, 2.45) is 0 Å². The molecule has 9 nitrogen and oxygen atoms in total. The van der Waals surface area contributed by atoms with E-state index >= 15 is 0 Å². The van der Waals surface area contributed by atoms with Crippen LogP contribution in [0.25, 0.3) is 6.08 Å². The van der Waals surface area contributed by atoms with Crippen molar-refractivity contribution in [1.82, 2.24) is 15.6 Å². The molecule has 0 spiro atoms. The van der Waals surface area contributed by atoms with Gasteiger partial charge in [-0.1, -0.05) is 60.7 Å². The number of benzene rings is 2. The molecular weight excluding hydrogens is 462 g/mol. The van der Waals surface area contributed by atoms with Gasteiger partial charge in [0.25, 0.3) is 0 Å². The Morgan fingerprint density at radius 1 is 0.944 bits per heavy atom. The molecule has 4 rings (SSSR count). The molecule has 1 atom stereocenters. The molecule has 0 radical (unpaired) electrons. The van der Waals surface area contributed by atoms with Crippen LogP contribution in [0.1, 0.15) is 38.8 Å². The fraction of sp³-hybridized carbons (Fsp3) is 0.148. The molecule has 182 valence electrons. The highest BCUT2D eigenvalue weighted by atomic mass is 16.5. The van der Waals surface area contributed by atoms with E-state index in [0.29, 0.717) is 5.56 Å². The maximum absolute atomic E-state index is 12.8. The molecule has 0 saturated carbocycles. The number of amides is 2. The molecule has 2 N–H and O–H groups in total. The lowest BCUT2D eigenvalue weighted by atomic mass is 10.0. The lowest BCUT2D eigenvalue weighted by Crippen LogP contribution is -2.51. The molecule has 0 aliphatic carbocycles. The van der Waals surface area contributed by atoms with Crippen LogP contribution in [0.3, 0.4) is 0 Å². The van der Waals surface area contributed by atoms with E-state index in [0.717, 1.165) is 11.1 Å². The van der Waals surface area contributed by atoms with Gasteiger partial charge < -0.3 is 9.47 Å². The minimum Gasteiger partial charge on any atom is -0.458 e. The molecule has 2 aromatic carbocycles. The number of imide groups is 1. The van der Waals surface area contributed by atoms with E-state index in [4.69, 9.17) is 9.47 Å². The summed E-state index contributed by atoms with van der Waals surface area (Å²) in [7, 11) is 0. The van der Waals surface area contributed by atoms with Crippen LogP contribution in [0.15, 0.2) is 79.0 Å². The Kier molecular flexibility index (Phi) is 7.94. The molecule has 1 aliphatic heterocycles. The van der Waals surface area contributed by atoms with Crippen molar-refractivity contribution in [3.8, 4) is 0 Å². The normalized spacial score (nSPS) is 15.4. The molecule has 2 heterocycles. The van der Waals surface area contributed by atoms with Crippen LogP contribution < -0.4 is 10.6 Å². The second kappa shape index (κ2) is 11.7. The molecule has 1 aliphatic rings. The number of carbonyl (C=O) groups excluding carboxylic acids is 4. The third-order valence-electron chi connectivity index (χ3n) is 5.30. The summed E-state index contributed by atoms with van der Waals surface area (Å²) in [6.07, 6.45) is 3.88. The van der Waals surface area contributed by atoms with Crippen LogP contribution in [-0.2, 0) is 37.1 Å². The highest BCUT2D eigenvalue weighted by molar-refractivity contribution is 6.01. The molecule has 0 bridgehead atoms. The van der Waals surface area contributed by atoms with E-state index in [1.807, 2.05) is 60.7 Å². The zero-order valence-electron chi connectivity index (χ0n) is 19.2. The van der Waals surface area contributed by atoms with E-state index in [1.165, 1.54) is 24.4 Å². The van der Waals surface area contributed by atoms with Gasteiger partial charge in [-0.2, -0.15) is 0 Å². The van der Waals surface area contributed by atoms with Crippen LogP contribution in [0.2, 0.25) is 0 Å². The number of nitrogens with zero attached hydrogens (tertiary/aromatic N) is 1. The Hall–Kier alpha value is -4.63. The number of piperazine rings is 1. The second-order valence-electron chi connectivity index (χ2n) is 7.91. The van der Waals surface area contributed by atoms with Gasteiger partial charge in [0.2, 0.25) is 11.8 Å². The standard InChI is InChI=1S/C27H23N3O6/c31-23-15-29-25(26(33)30-23)22-13-20(11-12-24(32)35-16-18-7-3-1-4-8-18)21(14-28-22)27(34)36-17-19-9-5-2-6-10-19/h1-14,25,29H,15-17H2,(H,30,31,33)/b12-11-. The summed E-state index contributed by atoms with van der Waals surface area (Å²) in [5, 5.41) is 5.05. The summed E-state index contributed by atoms with van der Waals surface area (Å²) < 4.78 is 10.7. The Morgan fingerprint density at radius 2 is 1.58 bits per heavy atom. The van der Waals surface area contributed by atoms with Crippen LogP contribution in [0.4, 0.5) is 0 Å². The minimum atomic E-state index is -0.894. The van der Waals surface area contributed by atoms with Crippen molar-refractivity contribution >= 4 is 29.8 Å². The maximum atomic E-state index is 12.8. The van der Waals surface area contributed by atoms with Crippen LogP contribution in [-0.4, -0.2) is 35.3 Å². The molecule has 3 aromatic rings. The van der Waals surface area contributed by atoms with Gasteiger partial charge in [0.05, 0.1) is 17.8 Å². The Morgan fingerprint density at radius 3 is 2.22 bits per heavy atom. The van der Waals surface area contributed by atoms with Gasteiger partial charge >= 0.3 is 11.9 Å². The van der Waals surface area contributed by atoms with Crippen molar-refractivity contribution in [2.45, 2.75) is 19.3 Å². The fourth-order valence-corrected chi connectivity index (χ4v) is 3.47. The largest absolute Gasteiger partial charge is 0.458 e. The second-order valence-corrected chi connectivity index (χ2v) is 7.91. The number of hydrogen-bond donors (Lipinski definition) is 2.